The Bertz CT molecular complexity index is 1560. The number of carbonyl (C=O) groups is 2. The minimum atomic E-state index is -0.474. The molecular weight excluding hydrogens is 513 g/mol. The van der Waals surface area contributed by atoms with Crippen LogP contribution in [0, 0.1) is 19.7 Å². The van der Waals surface area contributed by atoms with Crippen LogP contribution in [0.5, 0.6) is 0 Å². The van der Waals surface area contributed by atoms with Crippen LogP contribution in [-0.2, 0) is 4.74 Å². The minimum absolute atomic E-state index is 0.161. The first-order valence-corrected chi connectivity index (χ1v) is 13.3. The Morgan fingerprint density at radius 1 is 1.07 bits per heavy atom. The van der Waals surface area contributed by atoms with Gasteiger partial charge in [0.2, 0.25) is 0 Å². The minimum Gasteiger partial charge on any atom is -0.378 e. The summed E-state index contributed by atoms with van der Waals surface area (Å²) in [7, 11) is 0. The first-order valence-electron chi connectivity index (χ1n) is 13.3. The Morgan fingerprint density at radius 2 is 1.88 bits per heavy atom. The van der Waals surface area contributed by atoms with Crippen LogP contribution in [0.2, 0.25) is 0 Å². The molecule has 11 heteroatoms. The van der Waals surface area contributed by atoms with Crippen molar-refractivity contribution in [2.45, 2.75) is 27.2 Å². The number of fused-ring (bicyclic) bond motifs is 1. The average Bonchev–Trinajstić information content (AvgIpc) is 3.30. The van der Waals surface area contributed by atoms with Gasteiger partial charge in [-0.25, -0.2) is 13.9 Å². The summed E-state index contributed by atoms with van der Waals surface area (Å²) < 4.78 is 21.4. The SMILES string of the molecule is CCCNC(=O)c1cn2ncnc(Nc3cc(NC(=O)c4cc(F)cc(N5CCOCC5)c4)ccc3C)c2c1C. The molecule has 3 N–H and O–H groups in total. The van der Waals surface area contributed by atoms with Crippen LogP contribution in [0.4, 0.5) is 27.3 Å². The zero-order valence-corrected chi connectivity index (χ0v) is 22.8. The normalized spacial score (nSPS) is 13.3. The monoisotopic (exact) mass is 545 g/mol. The summed E-state index contributed by atoms with van der Waals surface area (Å²) in [6.07, 6.45) is 3.95. The van der Waals surface area contributed by atoms with E-state index < -0.39 is 11.7 Å². The zero-order valence-electron chi connectivity index (χ0n) is 22.8. The summed E-state index contributed by atoms with van der Waals surface area (Å²) in [5.41, 5.74) is 5.00. The summed E-state index contributed by atoms with van der Waals surface area (Å²) in [4.78, 5) is 32.2. The highest BCUT2D eigenvalue weighted by atomic mass is 19.1. The maximum Gasteiger partial charge on any atom is 0.255 e. The van der Waals surface area contributed by atoms with Gasteiger partial charge in [0, 0.05) is 48.5 Å². The Morgan fingerprint density at radius 3 is 2.65 bits per heavy atom. The van der Waals surface area contributed by atoms with Gasteiger partial charge >= 0.3 is 0 Å². The van der Waals surface area contributed by atoms with E-state index in [1.165, 1.54) is 18.5 Å². The molecule has 40 heavy (non-hydrogen) atoms. The second-order valence-electron chi connectivity index (χ2n) is 9.73. The van der Waals surface area contributed by atoms with E-state index in [1.807, 2.05) is 31.7 Å². The number of hydrogen-bond acceptors (Lipinski definition) is 7. The van der Waals surface area contributed by atoms with Crippen molar-refractivity contribution in [3.8, 4) is 0 Å². The van der Waals surface area contributed by atoms with Gasteiger partial charge in [-0.15, -0.1) is 0 Å². The van der Waals surface area contributed by atoms with Gasteiger partial charge in [-0.1, -0.05) is 13.0 Å². The van der Waals surface area contributed by atoms with E-state index in [2.05, 4.69) is 26.0 Å². The van der Waals surface area contributed by atoms with E-state index in [0.717, 1.165) is 17.5 Å². The third-order valence-corrected chi connectivity index (χ3v) is 6.88. The van der Waals surface area contributed by atoms with Crippen LogP contribution >= 0.6 is 0 Å². The molecule has 1 aliphatic rings. The fourth-order valence-electron chi connectivity index (χ4n) is 4.69. The van der Waals surface area contributed by atoms with Crippen LogP contribution in [-0.4, -0.2) is 59.3 Å². The Labute approximate surface area is 231 Å². The van der Waals surface area contributed by atoms with Gasteiger partial charge in [0.1, 0.15) is 17.7 Å². The van der Waals surface area contributed by atoms with Gasteiger partial charge < -0.3 is 25.6 Å². The molecule has 5 rings (SSSR count). The molecule has 0 aliphatic carbocycles. The lowest BCUT2D eigenvalue weighted by molar-refractivity contribution is 0.0952. The number of carbonyl (C=O) groups excluding carboxylic acids is 2. The predicted molar refractivity (Wildman–Crippen MR) is 152 cm³/mol. The van der Waals surface area contributed by atoms with E-state index in [9.17, 15) is 14.0 Å². The van der Waals surface area contributed by atoms with Crippen molar-refractivity contribution in [1.82, 2.24) is 19.9 Å². The first kappa shape index (κ1) is 27.1. The number of morpholine rings is 1. The Hall–Kier alpha value is -4.51. The highest BCUT2D eigenvalue weighted by molar-refractivity contribution is 6.05. The Balaban J connectivity index is 1.38. The number of nitrogens with one attached hydrogen (secondary N) is 3. The van der Waals surface area contributed by atoms with E-state index >= 15 is 0 Å². The van der Waals surface area contributed by atoms with Crippen molar-refractivity contribution in [3.05, 3.63) is 77.0 Å². The molecule has 208 valence electrons. The van der Waals surface area contributed by atoms with Gasteiger partial charge in [0.25, 0.3) is 11.8 Å². The number of halogens is 1. The smallest absolute Gasteiger partial charge is 0.255 e. The number of aromatic nitrogens is 3. The number of anilines is 4. The maximum atomic E-state index is 14.4. The molecule has 0 spiro atoms. The van der Waals surface area contributed by atoms with Crippen LogP contribution in [0.1, 0.15) is 45.2 Å². The second-order valence-corrected chi connectivity index (χ2v) is 9.73. The van der Waals surface area contributed by atoms with Crippen LogP contribution in [0.25, 0.3) is 5.52 Å². The molecule has 1 saturated heterocycles. The highest BCUT2D eigenvalue weighted by Crippen LogP contribution is 2.29. The van der Waals surface area contributed by atoms with Crippen LogP contribution < -0.4 is 20.9 Å². The van der Waals surface area contributed by atoms with Crippen molar-refractivity contribution in [2.24, 2.45) is 0 Å². The topological polar surface area (TPSA) is 113 Å². The third kappa shape index (κ3) is 5.74. The van der Waals surface area contributed by atoms with Crippen molar-refractivity contribution in [3.63, 3.8) is 0 Å². The number of amides is 2. The number of benzene rings is 2. The number of ether oxygens (including phenoxy) is 1. The lowest BCUT2D eigenvalue weighted by atomic mass is 10.1. The van der Waals surface area contributed by atoms with E-state index in [4.69, 9.17) is 4.74 Å². The standard InChI is InChI=1S/C29H32FN7O3/c1-4-7-31-29(39)24-16-37-26(19(24)3)27(32-17-33-37)35-25-15-22(6-5-18(25)2)34-28(38)20-12-21(30)14-23(13-20)36-8-10-40-11-9-36/h5-6,12-17H,4,7-11H2,1-3H3,(H,31,39)(H,34,38)(H,32,33,35). The highest BCUT2D eigenvalue weighted by Gasteiger charge is 2.19. The second kappa shape index (κ2) is 11.7. The van der Waals surface area contributed by atoms with E-state index in [1.54, 1.807) is 28.9 Å². The molecule has 0 bridgehead atoms. The van der Waals surface area contributed by atoms with Crippen LogP contribution in [0.15, 0.2) is 48.9 Å². The number of aryl methyl sites for hydroxylation is 2. The molecule has 1 aliphatic heterocycles. The molecule has 3 heterocycles. The Kier molecular flexibility index (Phi) is 7.92. The molecule has 4 aromatic rings. The quantitative estimate of drug-likeness (QED) is 0.300. The first-order chi connectivity index (χ1) is 19.3. The molecule has 0 radical (unpaired) electrons. The molecule has 2 aromatic carbocycles. The molecule has 2 aromatic heterocycles. The van der Waals surface area contributed by atoms with Crippen LogP contribution in [0.3, 0.4) is 0 Å². The lowest BCUT2D eigenvalue weighted by Gasteiger charge is -2.29. The molecule has 0 atom stereocenters. The van der Waals surface area contributed by atoms with Gasteiger partial charge in [-0.3, -0.25) is 9.59 Å². The number of hydrogen-bond donors (Lipinski definition) is 3. The lowest BCUT2D eigenvalue weighted by Crippen LogP contribution is -2.36. The largest absolute Gasteiger partial charge is 0.378 e. The summed E-state index contributed by atoms with van der Waals surface area (Å²) in [5, 5.41) is 13.4. The van der Waals surface area contributed by atoms with Crippen molar-refractivity contribution in [1.29, 1.82) is 0 Å². The molecular formula is C29H32FN7O3. The van der Waals surface area contributed by atoms with Gasteiger partial charge in [0.15, 0.2) is 5.82 Å². The van der Waals surface area contributed by atoms with Crippen molar-refractivity contribution >= 4 is 40.2 Å². The van der Waals surface area contributed by atoms with Crippen molar-refractivity contribution < 1.29 is 18.7 Å². The van der Waals surface area contributed by atoms with Gasteiger partial charge in [-0.2, -0.15) is 5.10 Å². The fourth-order valence-corrected chi connectivity index (χ4v) is 4.69. The number of rotatable bonds is 8. The van der Waals surface area contributed by atoms with E-state index in [-0.39, 0.29) is 11.5 Å². The molecule has 0 saturated carbocycles. The average molecular weight is 546 g/mol. The zero-order chi connectivity index (χ0) is 28.2. The molecule has 0 unspecified atom stereocenters. The molecule has 2 amide bonds. The molecule has 1 fully saturated rings. The molecule has 10 nitrogen and oxygen atoms in total. The van der Waals surface area contributed by atoms with Crippen molar-refractivity contribution in [2.75, 3.05) is 48.4 Å². The van der Waals surface area contributed by atoms with E-state index in [0.29, 0.717) is 66.8 Å². The summed E-state index contributed by atoms with van der Waals surface area (Å²) >= 11 is 0. The summed E-state index contributed by atoms with van der Waals surface area (Å²) in [6.45, 7) is 8.78. The third-order valence-electron chi connectivity index (χ3n) is 6.88. The number of nitrogens with zero attached hydrogens (tertiary/aromatic N) is 4. The summed E-state index contributed by atoms with van der Waals surface area (Å²) in [6, 6.07) is 9.80. The van der Waals surface area contributed by atoms with Gasteiger partial charge in [-0.05, 0) is 61.7 Å². The summed E-state index contributed by atoms with van der Waals surface area (Å²) in [5.74, 6) is -0.531. The van der Waals surface area contributed by atoms with Gasteiger partial charge in [0.05, 0.1) is 18.8 Å². The maximum absolute atomic E-state index is 14.4. The fraction of sp³-hybridized carbons (Fsp3) is 0.310. The predicted octanol–water partition coefficient (Wildman–Crippen LogP) is 4.46.